The van der Waals surface area contributed by atoms with Crippen molar-refractivity contribution in [2.45, 2.75) is 139 Å². The minimum absolute atomic E-state index is 0.219. The molecule has 1 nitrogen and oxygen atoms in total. The first-order valence-corrected chi connectivity index (χ1v) is 19.5. The van der Waals surface area contributed by atoms with Crippen LogP contribution in [-0.2, 0) is 4.65 Å². The molecule has 0 saturated carbocycles. The summed E-state index contributed by atoms with van der Waals surface area (Å²) in [6, 6.07) is 1.35. The zero-order valence-corrected chi connectivity index (χ0v) is 22.3. The summed E-state index contributed by atoms with van der Waals surface area (Å²) in [6.45, 7) is 22.7. The van der Waals surface area contributed by atoms with Gasteiger partial charge >= 0.3 is 0 Å². The van der Waals surface area contributed by atoms with Gasteiger partial charge in [-0.25, -0.2) is 0 Å². The molecule has 0 aromatic heterocycles. The summed E-state index contributed by atoms with van der Waals surface area (Å²) in [6.07, 6.45) is 16.5. The van der Waals surface area contributed by atoms with Crippen LogP contribution in [0.25, 0.3) is 0 Å². The Hall–Kier alpha value is 0.199. The predicted molar refractivity (Wildman–Crippen MR) is 134 cm³/mol. The van der Waals surface area contributed by atoms with Crippen molar-refractivity contribution < 1.29 is 4.65 Å². The van der Waals surface area contributed by atoms with E-state index < -0.39 is 16.1 Å². The Morgan fingerprint density at radius 2 is 1.54 bits per heavy atom. The fraction of sp³-hybridized carbons (Fsp3) is 0.917. The molecule has 2 aliphatic heterocycles. The van der Waals surface area contributed by atoms with Gasteiger partial charge in [-0.1, -0.05) is 110 Å². The van der Waals surface area contributed by atoms with E-state index in [0.717, 1.165) is 11.6 Å². The van der Waals surface area contributed by atoms with Gasteiger partial charge in [0.1, 0.15) is 0 Å². The summed E-state index contributed by atoms with van der Waals surface area (Å²) in [5.74, 6) is 1.66. The largest absolute Gasteiger partial charge is 0.432 e. The average molecular weight is 421 g/mol. The Morgan fingerprint density at radius 3 is 1.93 bits per heavy atom. The van der Waals surface area contributed by atoms with Crippen LogP contribution in [0.5, 0.6) is 0 Å². The predicted octanol–water partition coefficient (Wildman–Crippen LogP) is 8.65. The summed E-state index contributed by atoms with van der Waals surface area (Å²) in [7, 11) is -2.74. The quantitative estimate of drug-likeness (QED) is 0.185. The van der Waals surface area contributed by atoms with Crippen molar-refractivity contribution in [1.29, 1.82) is 0 Å². The molecule has 0 radical (unpaired) electrons. The molecular formula is C24H49BOSi2. The Balaban J connectivity index is 2.35. The summed E-state index contributed by atoms with van der Waals surface area (Å²) < 4.78 is 7.32. The van der Waals surface area contributed by atoms with Crippen LogP contribution in [0.3, 0.4) is 0 Å². The van der Waals surface area contributed by atoms with Gasteiger partial charge in [-0.2, -0.15) is 0 Å². The Morgan fingerprint density at radius 1 is 1.00 bits per heavy atom. The summed E-state index contributed by atoms with van der Waals surface area (Å²) >= 11 is 0. The lowest BCUT2D eigenvalue weighted by Crippen LogP contribution is -2.53. The van der Waals surface area contributed by atoms with Crippen molar-refractivity contribution in [2.24, 2.45) is 0 Å². The van der Waals surface area contributed by atoms with Gasteiger partial charge in [-0.3, -0.25) is 0 Å². The topological polar surface area (TPSA) is 9.23 Å². The molecular weight excluding hydrogens is 371 g/mol. The first kappa shape index (κ1) is 24.5. The van der Waals surface area contributed by atoms with Gasteiger partial charge in [0.05, 0.1) is 8.07 Å². The van der Waals surface area contributed by atoms with Crippen LogP contribution >= 0.6 is 0 Å². The van der Waals surface area contributed by atoms with E-state index in [0.29, 0.717) is 13.0 Å². The molecule has 2 bridgehead atoms. The fourth-order valence-electron chi connectivity index (χ4n) is 6.30. The fourth-order valence-corrected chi connectivity index (χ4v) is 13.9. The molecule has 2 saturated heterocycles. The van der Waals surface area contributed by atoms with E-state index >= 15 is 0 Å². The maximum absolute atomic E-state index is 7.32. The SMILES string of the molecule is C=C[C@](C[Si](C)(C)C)([C@H](CCCCC)OB1C2CCCC1CCC2)[Si](C)(C)C. The normalized spacial score (nSPS) is 26.6. The first-order valence-electron chi connectivity index (χ1n) is 12.3. The molecule has 2 fully saturated rings. The van der Waals surface area contributed by atoms with E-state index in [1.165, 1.54) is 70.3 Å². The highest BCUT2D eigenvalue weighted by atomic mass is 28.3. The molecule has 2 aliphatic rings. The third-order valence-corrected chi connectivity index (χ3v) is 13.3. The van der Waals surface area contributed by atoms with Crippen LogP contribution in [-0.4, -0.2) is 29.2 Å². The number of hydrogen-bond acceptors (Lipinski definition) is 1. The van der Waals surface area contributed by atoms with E-state index in [1.54, 1.807) is 0 Å². The zero-order valence-electron chi connectivity index (χ0n) is 20.3. The minimum Gasteiger partial charge on any atom is -0.432 e. The van der Waals surface area contributed by atoms with Gasteiger partial charge in [0.15, 0.2) is 0 Å². The zero-order chi connectivity index (χ0) is 21.0. The van der Waals surface area contributed by atoms with E-state index in [9.17, 15) is 0 Å². The van der Waals surface area contributed by atoms with Crippen LogP contribution in [0.2, 0.25) is 62.0 Å². The van der Waals surface area contributed by atoms with Crippen LogP contribution in [0, 0.1) is 0 Å². The number of fused-ring (bicyclic) bond motifs is 2. The van der Waals surface area contributed by atoms with E-state index in [-0.39, 0.29) is 5.04 Å². The van der Waals surface area contributed by atoms with Crippen LogP contribution < -0.4 is 0 Å². The Kier molecular flexibility index (Phi) is 8.74. The maximum Gasteiger partial charge on any atom is 0.299 e. The lowest BCUT2D eigenvalue weighted by molar-refractivity contribution is 0.134. The first-order chi connectivity index (χ1) is 13.0. The van der Waals surface area contributed by atoms with Crippen molar-refractivity contribution in [3.63, 3.8) is 0 Å². The van der Waals surface area contributed by atoms with Crippen molar-refractivity contribution in [3.8, 4) is 0 Å². The van der Waals surface area contributed by atoms with Gasteiger partial charge in [-0.05, 0) is 24.1 Å². The van der Waals surface area contributed by atoms with Gasteiger partial charge in [0.2, 0.25) is 0 Å². The third-order valence-electron chi connectivity index (χ3n) is 7.78. The van der Waals surface area contributed by atoms with E-state index in [4.69, 9.17) is 4.65 Å². The molecule has 2 rings (SSSR count). The second-order valence-corrected chi connectivity index (χ2v) is 23.1. The van der Waals surface area contributed by atoms with Crippen molar-refractivity contribution in [2.75, 3.05) is 0 Å². The van der Waals surface area contributed by atoms with E-state index in [1.807, 2.05) is 0 Å². The minimum atomic E-state index is -1.50. The summed E-state index contributed by atoms with van der Waals surface area (Å²) in [4.78, 5) is 0. The number of rotatable bonds is 11. The molecule has 0 aromatic rings. The van der Waals surface area contributed by atoms with Gasteiger partial charge < -0.3 is 4.65 Å². The molecule has 162 valence electrons. The lowest BCUT2D eigenvalue weighted by Gasteiger charge is -2.52. The molecule has 0 spiro atoms. The third kappa shape index (κ3) is 5.88. The highest BCUT2D eigenvalue weighted by Gasteiger charge is 2.52. The van der Waals surface area contributed by atoms with Gasteiger partial charge in [-0.15, -0.1) is 6.58 Å². The molecule has 28 heavy (non-hydrogen) atoms. The number of unbranched alkanes of at least 4 members (excludes halogenated alkanes) is 2. The van der Waals surface area contributed by atoms with Crippen LogP contribution in [0.4, 0.5) is 0 Å². The molecule has 0 unspecified atom stereocenters. The van der Waals surface area contributed by atoms with Crippen molar-refractivity contribution in [1.82, 2.24) is 0 Å². The highest BCUT2D eigenvalue weighted by molar-refractivity contribution is 6.84. The Bertz CT molecular complexity index is 474. The smallest absolute Gasteiger partial charge is 0.299 e. The molecule has 0 amide bonds. The lowest BCUT2D eigenvalue weighted by atomic mass is 9.38. The average Bonchev–Trinajstić information content (AvgIpc) is 2.57. The Labute approximate surface area is 179 Å². The standard InChI is InChI=1S/C24H49BOSi2/c1-9-11-12-19-23(24(10-2,28(6,7)8)20-27(3,4)5)26-25-21-15-13-16-22(25)18-14-17-21/h10,21-23H,2,9,11-20H2,1,3-8H3/t21?,22?,23-,24-/m0/s1. The summed E-state index contributed by atoms with van der Waals surface area (Å²) in [5, 5.41) is 0.219. The van der Waals surface area contributed by atoms with Gasteiger partial charge in [0.25, 0.3) is 6.92 Å². The molecule has 4 heteroatoms. The van der Waals surface area contributed by atoms with Crippen LogP contribution in [0.15, 0.2) is 12.7 Å². The molecule has 0 N–H and O–H groups in total. The van der Waals surface area contributed by atoms with Crippen molar-refractivity contribution in [3.05, 3.63) is 12.7 Å². The second-order valence-electron chi connectivity index (χ2n) is 12.2. The molecule has 2 heterocycles. The van der Waals surface area contributed by atoms with Crippen molar-refractivity contribution >= 4 is 23.1 Å². The second kappa shape index (κ2) is 10.0. The summed E-state index contributed by atoms with van der Waals surface area (Å²) in [5.41, 5.74) is 0. The van der Waals surface area contributed by atoms with E-state index in [2.05, 4.69) is 58.9 Å². The molecule has 0 aliphatic carbocycles. The molecule has 2 atom stereocenters. The molecule has 0 aromatic carbocycles. The maximum atomic E-state index is 7.32. The highest BCUT2D eigenvalue weighted by Crippen LogP contribution is 2.55. The monoisotopic (exact) mass is 420 g/mol. The van der Waals surface area contributed by atoms with Crippen LogP contribution in [0.1, 0.15) is 71.1 Å². The van der Waals surface area contributed by atoms with Gasteiger partial charge in [0, 0.05) is 19.2 Å². The number of hydrogen-bond donors (Lipinski definition) is 0.